The predicted octanol–water partition coefficient (Wildman–Crippen LogP) is 8.41. The Morgan fingerprint density at radius 3 is 1.56 bits per heavy atom. The van der Waals surface area contributed by atoms with Gasteiger partial charge in [0.25, 0.3) is 0 Å². The lowest BCUT2D eigenvalue weighted by atomic mass is 9.86. The number of unbranched alkanes of at least 4 members (excludes halogenated alkanes) is 11. The quantitative estimate of drug-likeness (QED) is 0.115. The van der Waals surface area contributed by atoms with Crippen molar-refractivity contribution < 1.29 is 19.1 Å². The first-order valence-electron chi connectivity index (χ1n) is 13.8. The van der Waals surface area contributed by atoms with Crippen molar-refractivity contribution >= 4 is 11.9 Å². The number of carbonyl (C=O) groups is 2. The fourth-order valence-electron chi connectivity index (χ4n) is 4.07. The molecule has 190 valence electrons. The summed E-state index contributed by atoms with van der Waals surface area (Å²) in [4.78, 5) is 23.7. The molecular formula is C28H54O4. The van der Waals surface area contributed by atoms with E-state index < -0.39 is 0 Å². The second kappa shape index (κ2) is 23.1. The summed E-state index contributed by atoms with van der Waals surface area (Å²) in [5, 5.41) is 0. The van der Waals surface area contributed by atoms with E-state index in [0.29, 0.717) is 37.9 Å². The first-order chi connectivity index (χ1) is 15.5. The van der Waals surface area contributed by atoms with Crippen LogP contribution in [0.2, 0.25) is 0 Å². The second-order valence-electron chi connectivity index (χ2n) is 9.77. The van der Waals surface area contributed by atoms with Gasteiger partial charge in [-0.3, -0.25) is 9.59 Å². The van der Waals surface area contributed by atoms with Gasteiger partial charge in [0.1, 0.15) is 0 Å². The average Bonchev–Trinajstić information content (AvgIpc) is 2.76. The van der Waals surface area contributed by atoms with Crippen LogP contribution in [-0.2, 0) is 19.1 Å². The van der Waals surface area contributed by atoms with Gasteiger partial charge < -0.3 is 9.47 Å². The zero-order valence-corrected chi connectivity index (χ0v) is 21.9. The predicted molar refractivity (Wildman–Crippen MR) is 135 cm³/mol. The summed E-state index contributed by atoms with van der Waals surface area (Å²) >= 11 is 0. The molecule has 0 spiro atoms. The Bertz CT molecular complexity index is 433. The summed E-state index contributed by atoms with van der Waals surface area (Å²) in [6.07, 6.45) is 19.4. The Morgan fingerprint density at radius 2 is 1.03 bits per heavy atom. The first kappa shape index (κ1) is 30.9. The number of rotatable bonds is 23. The van der Waals surface area contributed by atoms with Crippen LogP contribution in [0.25, 0.3) is 0 Å². The van der Waals surface area contributed by atoms with Crippen molar-refractivity contribution in [2.45, 2.75) is 143 Å². The highest BCUT2D eigenvalue weighted by Crippen LogP contribution is 2.24. The molecule has 1 unspecified atom stereocenters. The van der Waals surface area contributed by atoms with E-state index in [1.54, 1.807) is 0 Å². The van der Waals surface area contributed by atoms with E-state index in [-0.39, 0.29) is 11.9 Å². The van der Waals surface area contributed by atoms with E-state index in [9.17, 15) is 9.59 Å². The topological polar surface area (TPSA) is 52.6 Å². The highest BCUT2D eigenvalue weighted by atomic mass is 16.5. The normalized spacial score (nSPS) is 12.2. The van der Waals surface area contributed by atoms with Gasteiger partial charge >= 0.3 is 11.9 Å². The standard InChI is InChI=1S/C28H54O4/c1-5-7-9-17-23-31-27(29)20-16-14-12-11-13-15-19-26(25(3)4)21-22-28(30)32-24-18-10-8-6-2/h25-26H,5-24H2,1-4H3. The smallest absolute Gasteiger partial charge is 0.305 e. The van der Waals surface area contributed by atoms with Crippen LogP contribution >= 0.6 is 0 Å². The van der Waals surface area contributed by atoms with Crippen LogP contribution in [0.5, 0.6) is 0 Å². The van der Waals surface area contributed by atoms with Crippen LogP contribution in [-0.4, -0.2) is 25.2 Å². The lowest BCUT2D eigenvalue weighted by molar-refractivity contribution is -0.145. The maximum Gasteiger partial charge on any atom is 0.305 e. The van der Waals surface area contributed by atoms with Crippen molar-refractivity contribution in [3.8, 4) is 0 Å². The van der Waals surface area contributed by atoms with Gasteiger partial charge in [0.15, 0.2) is 0 Å². The highest BCUT2D eigenvalue weighted by molar-refractivity contribution is 5.69. The highest BCUT2D eigenvalue weighted by Gasteiger charge is 2.15. The molecule has 0 saturated carbocycles. The molecule has 0 heterocycles. The molecule has 0 radical (unpaired) electrons. The first-order valence-corrected chi connectivity index (χ1v) is 13.8. The number of hydrogen-bond acceptors (Lipinski definition) is 4. The Morgan fingerprint density at radius 1 is 0.562 bits per heavy atom. The average molecular weight is 455 g/mol. The zero-order valence-electron chi connectivity index (χ0n) is 21.9. The molecule has 0 aliphatic heterocycles. The summed E-state index contributed by atoms with van der Waals surface area (Å²) < 4.78 is 10.7. The molecule has 0 bridgehead atoms. The van der Waals surface area contributed by atoms with Crippen LogP contribution in [0.1, 0.15) is 143 Å². The summed E-state index contributed by atoms with van der Waals surface area (Å²) in [6.45, 7) is 10.1. The lowest BCUT2D eigenvalue weighted by Crippen LogP contribution is -2.13. The number of esters is 2. The van der Waals surface area contributed by atoms with Gasteiger partial charge in [-0.1, -0.05) is 105 Å². The van der Waals surface area contributed by atoms with E-state index in [4.69, 9.17) is 9.47 Å². The minimum atomic E-state index is -0.0271. The van der Waals surface area contributed by atoms with Crippen LogP contribution in [0, 0.1) is 11.8 Å². The van der Waals surface area contributed by atoms with Gasteiger partial charge in [0.2, 0.25) is 0 Å². The molecule has 0 rings (SSSR count). The fourth-order valence-corrected chi connectivity index (χ4v) is 4.07. The lowest BCUT2D eigenvalue weighted by Gasteiger charge is -2.20. The maximum atomic E-state index is 12.0. The van der Waals surface area contributed by atoms with Gasteiger partial charge in [-0.15, -0.1) is 0 Å². The third-order valence-corrected chi connectivity index (χ3v) is 6.39. The van der Waals surface area contributed by atoms with Crippen molar-refractivity contribution in [3.05, 3.63) is 0 Å². The Labute approximate surface area is 199 Å². The van der Waals surface area contributed by atoms with Gasteiger partial charge in [-0.25, -0.2) is 0 Å². The Hall–Kier alpha value is -1.06. The molecule has 0 N–H and O–H groups in total. The van der Waals surface area contributed by atoms with Crippen molar-refractivity contribution in [2.24, 2.45) is 11.8 Å². The second-order valence-corrected chi connectivity index (χ2v) is 9.77. The molecule has 0 amide bonds. The molecule has 0 fully saturated rings. The van der Waals surface area contributed by atoms with E-state index in [1.807, 2.05) is 0 Å². The molecule has 4 nitrogen and oxygen atoms in total. The summed E-state index contributed by atoms with van der Waals surface area (Å²) in [7, 11) is 0. The summed E-state index contributed by atoms with van der Waals surface area (Å²) in [5.41, 5.74) is 0. The zero-order chi connectivity index (χ0) is 23.9. The third-order valence-electron chi connectivity index (χ3n) is 6.39. The van der Waals surface area contributed by atoms with E-state index in [1.165, 1.54) is 57.8 Å². The Balaban J connectivity index is 3.64. The number of hydrogen-bond donors (Lipinski definition) is 0. The van der Waals surface area contributed by atoms with Crippen LogP contribution < -0.4 is 0 Å². The van der Waals surface area contributed by atoms with Crippen LogP contribution in [0.3, 0.4) is 0 Å². The molecule has 32 heavy (non-hydrogen) atoms. The van der Waals surface area contributed by atoms with Gasteiger partial charge in [-0.2, -0.15) is 0 Å². The molecule has 0 aromatic rings. The monoisotopic (exact) mass is 454 g/mol. The van der Waals surface area contributed by atoms with Crippen LogP contribution in [0.15, 0.2) is 0 Å². The SMILES string of the molecule is CCCCCCOC(=O)CCCCCCCCC(CCC(=O)OCCCCCC)C(C)C. The number of ether oxygens (including phenoxy) is 2. The van der Waals surface area contributed by atoms with Crippen molar-refractivity contribution in [1.29, 1.82) is 0 Å². The summed E-state index contributed by atoms with van der Waals surface area (Å²) in [5.74, 6) is 1.17. The third kappa shape index (κ3) is 20.8. The molecule has 0 aromatic carbocycles. The number of carbonyl (C=O) groups excluding carboxylic acids is 2. The van der Waals surface area contributed by atoms with Gasteiger partial charge in [-0.05, 0) is 37.5 Å². The maximum absolute atomic E-state index is 12.0. The Kier molecular flexibility index (Phi) is 22.3. The molecule has 1 atom stereocenters. The minimum Gasteiger partial charge on any atom is -0.466 e. The van der Waals surface area contributed by atoms with Gasteiger partial charge in [0.05, 0.1) is 13.2 Å². The van der Waals surface area contributed by atoms with Gasteiger partial charge in [0, 0.05) is 12.8 Å². The van der Waals surface area contributed by atoms with E-state index in [0.717, 1.165) is 44.9 Å². The largest absolute Gasteiger partial charge is 0.466 e. The van der Waals surface area contributed by atoms with E-state index in [2.05, 4.69) is 27.7 Å². The summed E-state index contributed by atoms with van der Waals surface area (Å²) in [6, 6.07) is 0. The fraction of sp³-hybridized carbons (Fsp3) is 0.929. The molecule has 0 aliphatic carbocycles. The molecule has 4 heteroatoms. The van der Waals surface area contributed by atoms with Crippen molar-refractivity contribution in [2.75, 3.05) is 13.2 Å². The van der Waals surface area contributed by atoms with Crippen molar-refractivity contribution in [1.82, 2.24) is 0 Å². The molecular weight excluding hydrogens is 400 g/mol. The van der Waals surface area contributed by atoms with E-state index >= 15 is 0 Å². The molecule has 0 aliphatic rings. The molecule has 0 aromatic heterocycles. The van der Waals surface area contributed by atoms with Crippen LogP contribution in [0.4, 0.5) is 0 Å². The minimum absolute atomic E-state index is 0.0216. The molecule has 0 saturated heterocycles. The van der Waals surface area contributed by atoms with Crippen molar-refractivity contribution in [3.63, 3.8) is 0 Å².